The molecule has 13 heavy (non-hydrogen) atoms. The van der Waals surface area contributed by atoms with Gasteiger partial charge in [-0.1, -0.05) is 0 Å². The Morgan fingerprint density at radius 1 is 1.00 bits per heavy atom. The van der Waals surface area contributed by atoms with Crippen LogP contribution < -0.4 is 4.04 Å². The van der Waals surface area contributed by atoms with Gasteiger partial charge in [0, 0.05) is 0 Å². The van der Waals surface area contributed by atoms with Crippen LogP contribution in [0.5, 0.6) is 0 Å². The van der Waals surface area contributed by atoms with Crippen LogP contribution in [0.25, 0.3) is 0 Å². The van der Waals surface area contributed by atoms with Gasteiger partial charge in [0.25, 0.3) is 0 Å². The summed E-state index contributed by atoms with van der Waals surface area (Å²) >= 11 is 0.263. The molecule has 0 nitrogen and oxygen atoms in total. The van der Waals surface area contributed by atoms with E-state index < -0.39 is 0 Å². The van der Waals surface area contributed by atoms with Gasteiger partial charge in [0.2, 0.25) is 0 Å². The zero-order valence-corrected chi connectivity index (χ0v) is 10.2. The van der Waals surface area contributed by atoms with Crippen LogP contribution in [0.4, 0.5) is 0 Å². The average molecular weight is 327 g/mol. The van der Waals surface area contributed by atoms with Gasteiger partial charge in [0.1, 0.15) is 0 Å². The second-order valence-electron chi connectivity index (χ2n) is 2.09. The van der Waals surface area contributed by atoms with Crippen LogP contribution in [0.15, 0.2) is 54.6 Å². The molecule has 0 atom stereocenters. The van der Waals surface area contributed by atoms with E-state index in [4.69, 9.17) is 9.53 Å². The fourth-order valence-corrected chi connectivity index (χ4v) is 1.67. The molecule has 0 spiro atoms. The van der Waals surface area contributed by atoms with Crippen LogP contribution in [-0.4, -0.2) is 0 Å². The van der Waals surface area contributed by atoms with Crippen molar-refractivity contribution >= 4 is 13.6 Å². The van der Waals surface area contributed by atoms with Crippen LogP contribution in [0.2, 0.25) is 0 Å². The first-order valence-corrected chi connectivity index (χ1v) is 6.30. The topological polar surface area (TPSA) is 0 Å². The molecule has 0 unspecified atom stereocenters. The Hall–Kier alpha value is 0.172. The summed E-state index contributed by atoms with van der Waals surface area (Å²) in [7, 11) is 5.52. The molecule has 0 aromatic heterocycles. The molecule has 3 heteroatoms. The summed E-state index contributed by atoms with van der Waals surface area (Å²) in [5.74, 6) is 0. The Morgan fingerprint density at radius 2 is 1.54 bits per heavy atom. The summed E-state index contributed by atoms with van der Waals surface area (Å²) in [6, 6.07) is 18.1. The Kier molecular flexibility index (Phi) is 8.87. The molecule has 0 aliphatic carbocycles. The Bertz CT molecular complexity index is 246. The van der Waals surface area contributed by atoms with Crippen molar-refractivity contribution in [2.45, 2.75) is 0 Å². The molecule has 0 radical (unpaired) electrons. The first-order chi connectivity index (χ1) is 5.93. The van der Waals surface area contributed by atoms with Gasteiger partial charge in [-0.15, -0.1) is 0 Å². The third kappa shape index (κ3) is 6.27. The standard InChI is InChI=1S/C5H5.C5H4.ClH.Fe.Pd/c2*1-2-4-5-3-1;;;/h1-5H;1-4H;1H;;/q2*-1;;+2;+1/p-1. The maximum absolute atomic E-state index is 5.52. The van der Waals surface area contributed by atoms with E-state index in [0.29, 0.717) is 0 Å². The first kappa shape index (κ1) is 13.2. The van der Waals surface area contributed by atoms with E-state index in [2.05, 4.69) is 0 Å². The van der Waals surface area contributed by atoms with E-state index in [-0.39, 0.29) is 34.0 Å². The Labute approximate surface area is 102 Å². The quantitative estimate of drug-likeness (QED) is 0.558. The monoisotopic (exact) mass is 326 g/mol. The van der Waals surface area contributed by atoms with E-state index in [1.165, 1.54) is 4.04 Å². The summed E-state index contributed by atoms with van der Waals surface area (Å²) in [4.78, 5) is 0. The molecular weight excluding hydrogens is 318 g/mol. The molecule has 0 heterocycles. The fraction of sp³-hybridized carbons (Fsp3) is 0. The molecule has 0 amide bonds. The predicted molar refractivity (Wildman–Crippen MR) is 49.6 cm³/mol. The number of halogens is 1. The molecule has 2 aromatic carbocycles. The molecule has 2 rings (SSSR count). The SMILES string of the molecule is [Cl][Pd][c-]1cccc1.[Fe+2].c1cc[cH-]c1. The molecule has 0 N–H and O–H groups in total. The van der Waals surface area contributed by atoms with Gasteiger partial charge in [0.15, 0.2) is 0 Å². The Balaban J connectivity index is 0.000000215. The van der Waals surface area contributed by atoms with Crippen LogP contribution in [0, 0.1) is 0 Å². The molecule has 0 aliphatic heterocycles. The maximum Gasteiger partial charge on any atom is 2.00 e. The van der Waals surface area contributed by atoms with Crippen molar-refractivity contribution in [2.24, 2.45) is 0 Å². The van der Waals surface area contributed by atoms with Gasteiger partial charge in [-0.2, -0.15) is 18.2 Å². The predicted octanol–water partition coefficient (Wildman–Crippen LogP) is 2.67. The van der Waals surface area contributed by atoms with Gasteiger partial charge < -0.3 is 0 Å². The van der Waals surface area contributed by atoms with Crippen LogP contribution >= 0.6 is 9.53 Å². The molecular formula is C10H9ClFePd. The third-order valence-corrected chi connectivity index (χ3v) is 2.90. The number of rotatable bonds is 1. The fourth-order valence-electron chi connectivity index (χ4n) is 0.699. The first-order valence-electron chi connectivity index (χ1n) is 3.52. The summed E-state index contributed by atoms with van der Waals surface area (Å²) in [6.07, 6.45) is 0. The van der Waals surface area contributed by atoms with Gasteiger partial charge in [0.05, 0.1) is 0 Å². The summed E-state index contributed by atoms with van der Waals surface area (Å²) in [5.41, 5.74) is 0. The molecule has 0 saturated heterocycles. The van der Waals surface area contributed by atoms with Crippen LogP contribution in [-0.2, 0) is 34.0 Å². The normalized spacial score (nSPS) is 8.38. The minimum absolute atomic E-state index is 0. The summed E-state index contributed by atoms with van der Waals surface area (Å²) < 4.78 is 1.25. The van der Waals surface area contributed by atoms with Crippen molar-refractivity contribution in [1.82, 2.24) is 0 Å². The van der Waals surface area contributed by atoms with Crippen molar-refractivity contribution < 1.29 is 34.0 Å². The van der Waals surface area contributed by atoms with Gasteiger partial charge in [-0.3, -0.25) is 0 Å². The number of hydrogen-bond donors (Lipinski definition) is 0. The molecule has 0 fully saturated rings. The second-order valence-corrected chi connectivity index (χ2v) is 3.99. The molecule has 74 valence electrons. The summed E-state index contributed by atoms with van der Waals surface area (Å²) in [6.45, 7) is 0. The smallest absolute Gasteiger partial charge is 0.214 e. The van der Waals surface area contributed by atoms with Crippen molar-refractivity contribution in [3.05, 3.63) is 54.6 Å². The molecule has 0 aliphatic rings. The summed E-state index contributed by atoms with van der Waals surface area (Å²) in [5, 5.41) is 0. The van der Waals surface area contributed by atoms with E-state index in [9.17, 15) is 0 Å². The van der Waals surface area contributed by atoms with Gasteiger partial charge in [-0.05, 0) is 0 Å². The van der Waals surface area contributed by atoms with Gasteiger partial charge >= 0.3 is 71.9 Å². The largest absolute Gasteiger partial charge is 2.00 e. The zero-order chi connectivity index (χ0) is 8.65. The van der Waals surface area contributed by atoms with E-state index >= 15 is 0 Å². The van der Waals surface area contributed by atoms with Gasteiger partial charge in [-0.25, -0.2) is 12.1 Å². The van der Waals surface area contributed by atoms with Crippen molar-refractivity contribution in [2.75, 3.05) is 0 Å². The second kappa shape index (κ2) is 8.76. The van der Waals surface area contributed by atoms with Crippen LogP contribution in [0.1, 0.15) is 0 Å². The minimum atomic E-state index is 0. The Morgan fingerprint density at radius 3 is 1.77 bits per heavy atom. The molecule has 0 saturated carbocycles. The van der Waals surface area contributed by atoms with E-state index in [0.717, 1.165) is 0 Å². The average Bonchev–Trinajstić information content (AvgIpc) is 2.81. The van der Waals surface area contributed by atoms with E-state index in [1.54, 1.807) is 0 Å². The van der Waals surface area contributed by atoms with Crippen molar-refractivity contribution in [1.29, 1.82) is 0 Å². The molecule has 2 aromatic rings. The zero-order valence-electron chi connectivity index (χ0n) is 6.74. The molecule has 0 bridgehead atoms. The van der Waals surface area contributed by atoms with Crippen molar-refractivity contribution in [3.8, 4) is 0 Å². The maximum atomic E-state index is 5.52. The third-order valence-electron chi connectivity index (χ3n) is 1.23. The number of hydrogen-bond acceptors (Lipinski definition) is 0. The van der Waals surface area contributed by atoms with Crippen LogP contribution in [0.3, 0.4) is 0 Å². The van der Waals surface area contributed by atoms with E-state index in [1.807, 2.05) is 54.6 Å². The van der Waals surface area contributed by atoms with Crippen molar-refractivity contribution in [3.63, 3.8) is 0 Å². The minimum Gasteiger partial charge on any atom is -0.214 e.